The minimum atomic E-state index is -0.754. The molecule has 3 rings (SSSR count). The Labute approximate surface area is 154 Å². The molecule has 1 aliphatic heterocycles. The summed E-state index contributed by atoms with van der Waals surface area (Å²) in [5.74, 6) is -1.01. The summed E-state index contributed by atoms with van der Waals surface area (Å²) in [4.78, 5) is 26.1. The Morgan fingerprint density at radius 3 is 2.04 bits per heavy atom. The van der Waals surface area contributed by atoms with Crippen molar-refractivity contribution in [2.75, 3.05) is 13.1 Å². The molecular weight excluding hydrogens is 326 g/mol. The van der Waals surface area contributed by atoms with E-state index in [0.29, 0.717) is 25.9 Å². The van der Waals surface area contributed by atoms with Crippen molar-refractivity contribution in [2.45, 2.75) is 25.7 Å². The lowest BCUT2D eigenvalue weighted by Gasteiger charge is -2.35. The summed E-state index contributed by atoms with van der Waals surface area (Å²) in [6.07, 6.45) is 0.933. The summed E-state index contributed by atoms with van der Waals surface area (Å²) in [6.45, 7) is 2.96. The van der Waals surface area contributed by atoms with Crippen LogP contribution in [0.15, 0.2) is 60.7 Å². The molecule has 4 nitrogen and oxygen atoms in total. The number of carbonyl (C=O) groups excluding carboxylic acids is 1. The molecule has 2 aromatic carbocycles. The van der Waals surface area contributed by atoms with Gasteiger partial charge in [-0.05, 0) is 23.5 Å². The van der Waals surface area contributed by atoms with E-state index in [1.807, 2.05) is 48.2 Å². The third-order valence-corrected chi connectivity index (χ3v) is 5.36. The zero-order chi connectivity index (χ0) is 18.5. The van der Waals surface area contributed by atoms with Gasteiger partial charge in [0.25, 0.3) is 0 Å². The van der Waals surface area contributed by atoms with Gasteiger partial charge in [-0.3, -0.25) is 9.59 Å². The van der Waals surface area contributed by atoms with Gasteiger partial charge in [-0.15, -0.1) is 0 Å². The molecule has 2 aromatic rings. The summed E-state index contributed by atoms with van der Waals surface area (Å²) in [5, 5.41) is 9.27. The van der Waals surface area contributed by atoms with Crippen molar-refractivity contribution >= 4 is 11.9 Å². The minimum absolute atomic E-state index is 0.0115. The number of likely N-dealkylation sites (tertiary alicyclic amines) is 1. The Balaban J connectivity index is 1.75. The number of carboxylic acids is 1. The van der Waals surface area contributed by atoms with Crippen LogP contribution in [0, 0.1) is 11.8 Å². The Hall–Kier alpha value is -2.62. The van der Waals surface area contributed by atoms with Gasteiger partial charge in [0.1, 0.15) is 0 Å². The standard InChI is InChI=1S/C22H25NO3/c1-16-15-23(13-12-19(16)22(25)26)21(24)14-20(17-8-4-2-5-9-17)18-10-6-3-7-11-18/h2-11,16,19-20H,12-15H2,1H3,(H,25,26). The number of nitrogens with zero attached hydrogens (tertiary/aromatic N) is 1. The average Bonchev–Trinajstić information content (AvgIpc) is 2.67. The Bertz CT molecular complexity index is 705. The third kappa shape index (κ3) is 4.13. The zero-order valence-corrected chi connectivity index (χ0v) is 15.0. The van der Waals surface area contributed by atoms with Gasteiger partial charge in [0, 0.05) is 25.4 Å². The van der Waals surface area contributed by atoms with Crippen LogP contribution in [-0.2, 0) is 9.59 Å². The van der Waals surface area contributed by atoms with Crippen LogP contribution in [0.5, 0.6) is 0 Å². The number of amides is 1. The van der Waals surface area contributed by atoms with Gasteiger partial charge in [-0.2, -0.15) is 0 Å². The van der Waals surface area contributed by atoms with E-state index in [9.17, 15) is 14.7 Å². The van der Waals surface area contributed by atoms with Crippen molar-refractivity contribution in [3.63, 3.8) is 0 Å². The summed E-state index contributed by atoms with van der Waals surface area (Å²) >= 11 is 0. The van der Waals surface area contributed by atoms with Crippen molar-refractivity contribution in [3.8, 4) is 0 Å². The normalized spacial score (nSPS) is 20.2. The van der Waals surface area contributed by atoms with E-state index in [-0.39, 0.29) is 23.7 Å². The quantitative estimate of drug-likeness (QED) is 0.892. The highest BCUT2D eigenvalue weighted by molar-refractivity contribution is 5.78. The van der Waals surface area contributed by atoms with E-state index in [2.05, 4.69) is 24.3 Å². The maximum Gasteiger partial charge on any atom is 0.306 e. The van der Waals surface area contributed by atoms with Crippen molar-refractivity contribution in [2.24, 2.45) is 11.8 Å². The number of rotatable bonds is 5. The van der Waals surface area contributed by atoms with Gasteiger partial charge >= 0.3 is 5.97 Å². The molecular formula is C22H25NO3. The van der Waals surface area contributed by atoms with Crippen LogP contribution in [-0.4, -0.2) is 35.0 Å². The number of aliphatic carboxylic acids is 1. The van der Waals surface area contributed by atoms with Crippen LogP contribution in [0.25, 0.3) is 0 Å². The maximum atomic E-state index is 13.0. The van der Waals surface area contributed by atoms with Gasteiger partial charge in [-0.25, -0.2) is 0 Å². The fourth-order valence-electron chi connectivity index (χ4n) is 3.84. The van der Waals surface area contributed by atoms with Crippen LogP contribution in [0.3, 0.4) is 0 Å². The molecule has 2 atom stereocenters. The first-order valence-electron chi connectivity index (χ1n) is 9.16. The van der Waals surface area contributed by atoms with E-state index in [1.165, 1.54) is 0 Å². The van der Waals surface area contributed by atoms with E-state index < -0.39 is 5.97 Å². The first-order valence-corrected chi connectivity index (χ1v) is 9.16. The topological polar surface area (TPSA) is 57.6 Å². The fourth-order valence-corrected chi connectivity index (χ4v) is 3.84. The van der Waals surface area contributed by atoms with Gasteiger partial charge in [0.05, 0.1) is 5.92 Å². The number of carbonyl (C=O) groups is 2. The maximum absolute atomic E-state index is 13.0. The first kappa shape index (κ1) is 18.2. The number of benzene rings is 2. The van der Waals surface area contributed by atoms with E-state index in [0.717, 1.165) is 11.1 Å². The summed E-state index contributed by atoms with van der Waals surface area (Å²) < 4.78 is 0. The van der Waals surface area contributed by atoms with E-state index >= 15 is 0 Å². The van der Waals surface area contributed by atoms with Crippen molar-refractivity contribution in [1.29, 1.82) is 0 Å². The smallest absolute Gasteiger partial charge is 0.306 e. The molecule has 1 amide bonds. The van der Waals surface area contributed by atoms with Gasteiger partial charge in [0.15, 0.2) is 0 Å². The fraction of sp³-hybridized carbons (Fsp3) is 0.364. The molecule has 0 bridgehead atoms. The molecule has 1 heterocycles. The molecule has 0 saturated carbocycles. The lowest BCUT2D eigenvalue weighted by molar-refractivity contribution is -0.148. The molecule has 26 heavy (non-hydrogen) atoms. The Morgan fingerprint density at radius 1 is 1.04 bits per heavy atom. The highest BCUT2D eigenvalue weighted by Gasteiger charge is 2.33. The van der Waals surface area contributed by atoms with Gasteiger partial charge < -0.3 is 10.0 Å². The van der Waals surface area contributed by atoms with Crippen LogP contribution < -0.4 is 0 Å². The minimum Gasteiger partial charge on any atom is -0.481 e. The Kier molecular flexibility index (Phi) is 5.71. The van der Waals surface area contributed by atoms with Crippen LogP contribution in [0.4, 0.5) is 0 Å². The lowest BCUT2D eigenvalue weighted by atomic mass is 9.85. The SMILES string of the molecule is CC1CN(C(=O)CC(c2ccccc2)c2ccccc2)CCC1C(=O)O. The molecule has 4 heteroatoms. The van der Waals surface area contributed by atoms with Gasteiger partial charge in [-0.1, -0.05) is 67.6 Å². The predicted octanol–water partition coefficient (Wildman–Crippen LogP) is 3.78. The van der Waals surface area contributed by atoms with Crippen LogP contribution in [0.2, 0.25) is 0 Å². The molecule has 2 unspecified atom stereocenters. The van der Waals surface area contributed by atoms with Crippen LogP contribution >= 0.6 is 0 Å². The van der Waals surface area contributed by atoms with Crippen molar-refractivity contribution < 1.29 is 14.7 Å². The van der Waals surface area contributed by atoms with Crippen LogP contribution in [0.1, 0.15) is 36.8 Å². The molecule has 1 fully saturated rings. The molecule has 0 aromatic heterocycles. The molecule has 0 spiro atoms. The Morgan fingerprint density at radius 2 is 1.58 bits per heavy atom. The zero-order valence-electron chi connectivity index (χ0n) is 15.0. The average molecular weight is 351 g/mol. The summed E-state index contributed by atoms with van der Waals surface area (Å²) in [6, 6.07) is 20.2. The summed E-state index contributed by atoms with van der Waals surface area (Å²) in [7, 11) is 0. The van der Waals surface area contributed by atoms with Crippen molar-refractivity contribution in [3.05, 3.63) is 71.8 Å². The largest absolute Gasteiger partial charge is 0.481 e. The van der Waals surface area contributed by atoms with E-state index in [4.69, 9.17) is 0 Å². The number of piperidine rings is 1. The predicted molar refractivity (Wildman–Crippen MR) is 101 cm³/mol. The lowest BCUT2D eigenvalue weighted by Crippen LogP contribution is -2.45. The van der Waals surface area contributed by atoms with Crippen molar-refractivity contribution in [1.82, 2.24) is 4.90 Å². The summed E-state index contributed by atoms with van der Waals surface area (Å²) in [5.41, 5.74) is 2.25. The first-order chi connectivity index (χ1) is 12.6. The second-order valence-electron chi connectivity index (χ2n) is 7.13. The second kappa shape index (κ2) is 8.17. The molecule has 1 saturated heterocycles. The monoisotopic (exact) mass is 351 g/mol. The second-order valence-corrected chi connectivity index (χ2v) is 7.13. The van der Waals surface area contributed by atoms with E-state index in [1.54, 1.807) is 0 Å². The van der Waals surface area contributed by atoms with Gasteiger partial charge in [0.2, 0.25) is 5.91 Å². The molecule has 0 aliphatic carbocycles. The highest BCUT2D eigenvalue weighted by atomic mass is 16.4. The number of hydrogen-bond acceptors (Lipinski definition) is 2. The molecule has 1 aliphatic rings. The number of hydrogen-bond donors (Lipinski definition) is 1. The highest BCUT2D eigenvalue weighted by Crippen LogP contribution is 2.30. The molecule has 1 N–H and O–H groups in total. The molecule has 0 radical (unpaired) electrons. The molecule has 136 valence electrons. The third-order valence-electron chi connectivity index (χ3n) is 5.36. The number of carboxylic acid groups (broad SMARTS) is 1.